The van der Waals surface area contributed by atoms with Crippen LogP contribution in [0, 0.1) is 0 Å². The molecular formula is C16H24N2O2S. The van der Waals surface area contributed by atoms with Crippen molar-refractivity contribution in [2.45, 2.75) is 52.6 Å². The average molecular weight is 308 g/mol. The Labute approximate surface area is 132 Å². The van der Waals surface area contributed by atoms with E-state index in [0.717, 1.165) is 30.7 Å². The molecule has 0 aliphatic carbocycles. The van der Waals surface area contributed by atoms with E-state index in [1.807, 2.05) is 38.1 Å². The molecule has 4 nitrogen and oxygen atoms in total. The van der Waals surface area contributed by atoms with E-state index in [2.05, 4.69) is 17.6 Å². The maximum Gasteiger partial charge on any atom is 0.226 e. The van der Waals surface area contributed by atoms with Gasteiger partial charge in [0.2, 0.25) is 5.91 Å². The highest BCUT2D eigenvalue weighted by atomic mass is 32.1. The molecule has 1 rings (SSSR count). The van der Waals surface area contributed by atoms with Crippen molar-refractivity contribution in [3.05, 3.63) is 24.3 Å². The summed E-state index contributed by atoms with van der Waals surface area (Å²) in [6, 6.07) is 7.52. The van der Waals surface area contributed by atoms with Gasteiger partial charge in [0.15, 0.2) is 5.11 Å². The number of benzene rings is 1. The standard InChI is InChI=1S/C16H24N2O2S/c1-4-6-7-15(19)18-16(21)17-13-8-10-14(11-9-13)20-12(3)5-2/h8-12H,4-7H2,1-3H3,(H2,17,18,19,21). The van der Waals surface area contributed by atoms with E-state index in [9.17, 15) is 4.79 Å². The van der Waals surface area contributed by atoms with Gasteiger partial charge in [-0.25, -0.2) is 0 Å². The third-order valence-electron chi connectivity index (χ3n) is 3.03. The number of nitrogens with one attached hydrogen (secondary N) is 2. The Morgan fingerprint density at radius 2 is 1.95 bits per heavy atom. The van der Waals surface area contributed by atoms with Crippen molar-refractivity contribution < 1.29 is 9.53 Å². The zero-order valence-corrected chi connectivity index (χ0v) is 13.8. The minimum Gasteiger partial charge on any atom is -0.491 e. The summed E-state index contributed by atoms with van der Waals surface area (Å²) in [5, 5.41) is 5.98. The lowest BCUT2D eigenvalue weighted by Gasteiger charge is -2.13. The third kappa shape index (κ3) is 7.09. The Bertz CT molecular complexity index is 460. The lowest BCUT2D eigenvalue weighted by atomic mass is 10.2. The van der Waals surface area contributed by atoms with Gasteiger partial charge in [-0.15, -0.1) is 0 Å². The van der Waals surface area contributed by atoms with Crippen LogP contribution in [0.3, 0.4) is 0 Å². The average Bonchev–Trinajstić information content (AvgIpc) is 2.46. The summed E-state index contributed by atoms with van der Waals surface area (Å²) in [5.74, 6) is 0.777. The largest absolute Gasteiger partial charge is 0.491 e. The number of rotatable bonds is 7. The number of unbranched alkanes of at least 4 members (excludes halogenated alkanes) is 1. The van der Waals surface area contributed by atoms with Crippen LogP contribution in [0.5, 0.6) is 5.75 Å². The zero-order valence-electron chi connectivity index (χ0n) is 12.9. The maximum atomic E-state index is 11.6. The van der Waals surface area contributed by atoms with Crippen LogP contribution in [0.2, 0.25) is 0 Å². The fraction of sp³-hybridized carbons (Fsp3) is 0.500. The molecule has 0 spiro atoms. The Hall–Kier alpha value is -1.62. The molecular weight excluding hydrogens is 284 g/mol. The van der Waals surface area contributed by atoms with Crippen LogP contribution in [0.25, 0.3) is 0 Å². The normalized spacial score (nSPS) is 11.6. The Morgan fingerprint density at radius 3 is 2.52 bits per heavy atom. The summed E-state index contributed by atoms with van der Waals surface area (Å²) in [4.78, 5) is 11.6. The predicted octanol–water partition coefficient (Wildman–Crippen LogP) is 3.87. The van der Waals surface area contributed by atoms with Crippen molar-refractivity contribution >= 4 is 28.9 Å². The molecule has 0 fully saturated rings. The number of thiocarbonyl (C=S) groups is 1. The Morgan fingerprint density at radius 1 is 1.29 bits per heavy atom. The quantitative estimate of drug-likeness (QED) is 0.751. The molecule has 0 aliphatic rings. The second kappa shape index (κ2) is 9.34. The third-order valence-corrected chi connectivity index (χ3v) is 3.24. The van der Waals surface area contributed by atoms with Gasteiger partial charge in [-0.05, 0) is 56.2 Å². The van der Waals surface area contributed by atoms with Crippen molar-refractivity contribution in [2.24, 2.45) is 0 Å². The maximum absolute atomic E-state index is 11.6. The van der Waals surface area contributed by atoms with Gasteiger partial charge in [-0.2, -0.15) is 0 Å². The summed E-state index contributed by atoms with van der Waals surface area (Å²) in [7, 11) is 0. The zero-order chi connectivity index (χ0) is 15.7. The SMILES string of the molecule is CCCCC(=O)NC(=S)Nc1ccc(OC(C)CC)cc1. The molecule has 1 amide bonds. The van der Waals surface area contributed by atoms with Crippen LogP contribution in [0.4, 0.5) is 5.69 Å². The number of anilines is 1. The highest BCUT2D eigenvalue weighted by Gasteiger charge is 2.05. The molecule has 0 heterocycles. The van der Waals surface area contributed by atoms with Crippen molar-refractivity contribution in [1.29, 1.82) is 0 Å². The Kier molecular flexibility index (Phi) is 7.75. The van der Waals surface area contributed by atoms with Crippen molar-refractivity contribution in [3.8, 4) is 5.75 Å². The molecule has 0 radical (unpaired) electrons. The van der Waals surface area contributed by atoms with E-state index >= 15 is 0 Å². The van der Waals surface area contributed by atoms with E-state index in [1.54, 1.807) is 0 Å². The lowest BCUT2D eigenvalue weighted by molar-refractivity contribution is -0.119. The second-order valence-electron chi connectivity index (χ2n) is 4.97. The van der Waals surface area contributed by atoms with E-state index in [1.165, 1.54) is 0 Å². The minimum absolute atomic E-state index is 0.0499. The van der Waals surface area contributed by atoms with Crippen LogP contribution in [-0.4, -0.2) is 17.1 Å². The molecule has 1 atom stereocenters. The minimum atomic E-state index is -0.0499. The van der Waals surface area contributed by atoms with E-state index in [0.29, 0.717) is 11.5 Å². The summed E-state index contributed by atoms with van der Waals surface area (Å²) in [6.07, 6.45) is 3.53. The van der Waals surface area contributed by atoms with Gasteiger partial charge in [-0.3, -0.25) is 4.79 Å². The van der Waals surface area contributed by atoms with Gasteiger partial charge in [-0.1, -0.05) is 20.3 Å². The molecule has 1 aromatic rings. The number of carbonyl (C=O) groups excluding carboxylic acids is 1. The molecule has 0 aliphatic heterocycles. The van der Waals surface area contributed by atoms with Gasteiger partial charge in [0.1, 0.15) is 5.75 Å². The van der Waals surface area contributed by atoms with Crippen LogP contribution in [0.15, 0.2) is 24.3 Å². The number of hydrogen-bond donors (Lipinski definition) is 2. The Balaban J connectivity index is 2.44. The first kappa shape index (κ1) is 17.4. The smallest absolute Gasteiger partial charge is 0.226 e. The predicted molar refractivity (Wildman–Crippen MR) is 90.7 cm³/mol. The van der Waals surface area contributed by atoms with Crippen LogP contribution < -0.4 is 15.4 Å². The van der Waals surface area contributed by atoms with Crippen LogP contribution >= 0.6 is 12.2 Å². The van der Waals surface area contributed by atoms with Crippen LogP contribution in [-0.2, 0) is 4.79 Å². The number of amides is 1. The van der Waals surface area contributed by atoms with Gasteiger partial charge in [0, 0.05) is 12.1 Å². The molecule has 21 heavy (non-hydrogen) atoms. The second-order valence-corrected chi connectivity index (χ2v) is 5.38. The molecule has 0 saturated heterocycles. The van der Waals surface area contributed by atoms with Crippen molar-refractivity contribution in [2.75, 3.05) is 5.32 Å². The molecule has 0 bridgehead atoms. The van der Waals surface area contributed by atoms with E-state index < -0.39 is 0 Å². The molecule has 0 aromatic heterocycles. The van der Waals surface area contributed by atoms with Gasteiger partial charge < -0.3 is 15.4 Å². The van der Waals surface area contributed by atoms with Crippen LogP contribution in [0.1, 0.15) is 46.5 Å². The first-order chi connectivity index (χ1) is 10.0. The summed E-state index contributed by atoms with van der Waals surface area (Å²) < 4.78 is 5.70. The van der Waals surface area contributed by atoms with E-state index in [-0.39, 0.29) is 12.0 Å². The highest BCUT2D eigenvalue weighted by molar-refractivity contribution is 7.80. The number of carbonyl (C=O) groups is 1. The molecule has 0 saturated carbocycles. The first-order valence-electron chi connectivity index (χ1n) is 7.42. The van der Waals surface area contributed by atoms with E-state index in [4.69, 9.17) is 17.0 Å². The van der Waals surface area contributed by atoms with Gasteiger partial charge >= 0.3 is 0 Å². The molecule has 116 valence electrons. The number of ether oxygens (including phenoxy) is 1. The molecule has 1 aromatic carbocycles. The summed E-state index contributed by atoms with van der Waals surface area (Å²) in [5.41, 5.74) is 0.826. The number of hydrogen-bond acceptors (Lipinski definition) is 3. The monoisotopic (exact) mass is 308 g/mol. The fourth-order valence-electron chi connectivity index (χ4n) is 1.62. The molecule has 5 heteroatoms. The fourth-order valence-corrected chi connectivity index (χ4v) is 1.85. The molecule has 2 N–H and O–H groups in total. The van der Waals surface area contributed by atoms with Crippen molar-refractivity contribution in [3.63, 3.8) is 0 Å². The summed E-state index contributed by atoms with van der Waals surface area (Å²) >= 11 is 5.11. The first-order valence-corrected chi connectivity index (χ1v) is 7.83. The highest BCUT2D eigenvalue weighted by Crippen LogP contribution is 2.17. The van der Waals surface area contributed by atoms with Gasteiger partial charge in [0.05, 0.1) is 6.10 Å². The van der Waals surface area contributed by atoms with Gasteiger partial charge in [0.25, 0.3) is 0 Å². The lowest BCUT2D eigenvalue weighted by Crippen LogP contribution is -2.33. The summed E-state index contributed by atoms with van der Waals surface area (Å²) in [6.45, 7) is 6.17. The topological polar surface area (TPSA) is 50.4 Å². The molecule has 1 unspecified atom stereocenters. The van der Waals surface area contributed by atoms with Crippen molar-refractivity contribution in [1.82, 2.24) is 5.32 Å².